The molecule has 0 aliphatic heterocycles. The topological polar surface area (TPSA) is 20.3 Å². The molecule has 0 radical (unpaired) electrons. The molecule has 1 aliphatic rings. The van der Waals surface area contributed by atoms with Crippen LogP contribution in [0.1, 0.15) is 49.9 Å². The molecule has 1 aromatic rings. The van der Waals surface area contributed by atoms with Crippen molar-refractivity contribution in [2.45, 2.75) is 45.6 Å². The van der Waals surface area contributed by atoms with Gasteiger partial charge in [0.1, 0.15) is 5.82 Å². The first-order valence-corrected chi connectivity index (χ1v) is 8.04. The molecule has 0 bridgehead atoms. The molecule has 20 heavy (non-hydrogen) atoms. The monoisotopic (exact) mass is 341 g/mol. The number of rotatable bonds is 4. The summed E-state index contributed by atoms with van der Waals surface area (Å²) in [6.45, 7) is 4.94. The molecule has 0 spiro atoms. The van der Waals surface area contributed by atoms with E-state index in [1.807, 2.05) is 4.90 Å². The normalized spacial score (nSPS) is 15.8. The van der Waals surface area contributed by atoms with E-state index in [0.29, 0.717) is 22.0 Å². The standard InChI is InChI=1S/C16H21BrFNO/c1-11(2)10-19(13-5-3-4-6-13)16(20)14-9-12(18)7-8-15(14)17/h7-9,11,13H,3-6,10H2,1-2H3. The molecule has 0 atom stereocenters. The third kappa shape index (κ3) is 3.60. The van der Waals surface area contributed by atoms with Gasteiger partial charge in [0.15, 0.2) is 0 Å². The Balaban J connectivity index is 2.27. The van der Waals surface area contributed by atoms with Gasteiger partial charge in [-0.3, -0.25) is 4.79 Å². The van der Waals surface area contributed by atoms with Crippen LogP contribution in [0, 0.1) is 11.7 Å². The van der Waals surface area contributed by atoms with Crippen molar-refractivity contribution >= 4 is 21.8 Å². The zero-order valence-electron chi connectivity index (χ0n) is 12.0. The zero-order valence-corrected chi connectivity index (χ0v) is 13.6. The molecule has 1 amide bonds. The molecule has 2 nitrogen and oxygen atoms in total. The Morgan fingerprint density at radius 1 is 1.40 bits per heavy atom. The third-order valence-electron chi connectivity index (χ3n) is 3.75. The maximum Gasteiger partial charge on any atom is 0.255 e. The number of benzene rings is 1. The van der Waals surface area contributed by atoms with E-state index in [2.05, 4.69) is 29.8 Å². The molecule has 0 heterocycles. The van der Waals surface area contributed by atoms with E-state index in [4.69, 9.17) is 0 Å². The van der Waals surface area contributed by atoms with Crippen LogP contribution in [0.2, 0.25) is 0 Å². The lowest BCUT2D eigenvalue weighted by atomic mass is 10.1. The summed E-state index contributed by atoms with van der Waals surface area (Å²) in [6, 6.07) is 4.60. The summed E-state index contributed by atoms with van der Waals surface area (Å²) in [5, 5.41) is 0. The van der Waals surface area contributed by atoms with Crippen molar-refractivity contribution in [2.24, 2.45) is 5.92 Å². The molecule has 110 valence electrons. The lowest BCUT2D eigenvalue weighted by Crippen LogP contribution is -2.41. The predicted molar refractivity (Wildman–Crippen MR) is 82.2 cm³/mol. The lowest BCUT2D eigenvalue weighted by molar-refractivity contribution is 0.0654. The number of nitrogens with zero attached hydrogens (tertiary/aromatic N) is 1. The van der Waals surface area contributed by atoms with Crippen LogP contribution < -0.4 is 0 Å². The molecule has 4 heteroatoms. The Kier molecular flexibility index (Phi) is 5.19. The minimum atomic E-state index is -0.368. The average molecular weight is 342 g/mol. The summed E-state index contributed by atoms with van der Waals surface area (Å²) in [7, 11) is 0. The molecule has 0 unspecified atom stereocenters. The zero-order chi connectivity index (χ0) is 14.7. The van der Waals surface area contributed by atoms with E-state index in [-0.39, 0.29) is 11.7 Å². The number of carbonyl (C=O) groups excluding carboxylic acids is 1. The fraction of sp³-hybridized carbons (Fsp3) is 0.562. The van der Waals surface area contributed by atoms with Crippen molar-refractivity contribution in [1.82, 2.24) is 4.90 Å². The van der Waals surface area contributed by atoms with E-state index in [1.54, 1.807) is 6.07 Å². The van der Waals surface area contributed by atoms with Crippen molar-refractivity contribution in [3.63, 3.8) is 0 Å². The summed E-state index contributed by atoms with van der Waals surface area (Å²) in [5.41, 5.74) is 0.428. The van der Waals surface area contributed by atoms with E-state index >= 15 is 0 Å². The van der Waals surface area contributed by atoms with Crippen LogP contribution in [0.25, 0.3) is 0 Å². The summed E-state index contributed by atoms with van der Waals surface area (Å²) >= 11 is 3.36. The van der Waals surface area contributed by atoms with Crippen molar-refractivity contribution < 1.29 is 9.18 Å². The average Bonchev–Trinajstić information content (AvgIpc) is 2.91. The van der Waals surface area contributed by atoms with Crippen LogP contribution in [-0.2, 0) is 0 Å². The second-order valence-electron chi connectivity index (χ2n) is 5.91. The number of halogens is 2. The van der Waals surface area contributed by atoms with Gasteiger partial charge in [-0.25, -0.2) is 4.39 Å². The minimum Gasteiger partial charge on any atom is -0.335 e. The first-order valence-electron chi connectivity index (χ1n) is 7.25. The quantitative estimate of drug-likeness (QED) is 0.781. The summed E-state index contributed by atoms with van der Waals surface area (Å²) in [4.78, 5) is 14.7. The van der Waals surface area contributed by atoms with Gasteiger partial charge in [0, 0.05) is 17.1 Å². The van der Waals surface area contributed by atoms with Gasteiger partial charge in [0.2, 0.25) is 0 Å². The number of amides is 1. The number of hydrogen-bond donors (Lipinski definition) is 0. The minimum absolute atomic E-state index is 0.0584. The van der Waals surface area contributed by atoms with Gasteiger partial charge < -0.3 is 4.90 Å². The molecule has 1 aliphatic carbocycles. The number of carbonyl (C=O) groups is 1. The van der Waals surface area contributed by atoms with Gasteiger partial charge in [0.05, 0.1) is 5.56 Å². The highest BCUT2D eigenvalue weighted by Crippen LogP contribution is 2.28. The Morgan fingerprint density at radius 2 is 2.05 bits per heavy atom. The summed E-state index contributed by atoms with van der Waals surface area (Å²) in [5.74, 6) is -0.0173. The Bertz CT molecular complexity index is 483. The molecule has 0 N–H and O–H groups in total. The molecule has 2 rings (SSSR count). The maximum atomic E-state index is 13.4. The van der Waals surface area contributed by atoms with Crippen molar-refractivity contribution in [3.8, 4) is 0 Å². The van der Waals surface area contributed by atoms with E-state index < -0.39 is 0 Å². The van der Waals surface area contributed by atoms with Gasteiger partial charge in [-0.2, -0.15) is 0 Å². The molecule has 0 aromatic heterocycles. The first-order chi connectivity index (χ1) is 9.49. The molecule has 0 saturated heterocycles. The lowest BCUT2D eigenvalue weighted by Gasteiger charge is -2.31. The van der Waals surface area contributed by atoms with Gasteiger partial charge in [0.25, 0.3) is 5.91 Å². The number of hydrogen-bond acceptors (Lipinski definition) is 1. The van der Waals surface area contributed by atoms with Crippen LogP contribution in [0.15, 0.2) is 22.7 Å². The summed E-state index contributed by atoms with van der Waals surface area (Å²) < 4.78 is 14.1. The SMILES string of the molecule is CC(C)CN(C(=O)c1cc(F)ccc1Br)C1CCCC1. The highest BCUT2D eigenvalue weighted by molar-refractivity contribution is 9.10. The second-order valence-corrected chi connectivity index (χ2v) is 6.77. The Labute approximate surface area is 128 Å². The Morgan fingerprint density at radius 3 is 2.65 bits per heavy atom. The van der Waals surface area contributed by atoms with E-state index in [0.717, 1.165) is 19.4 Å². The fourth-order valence-corrected chi connectivity index (χ4v) is 3.24. The molecular weight excluding hydrogens is 321 g/mol. The second kappa shape index (κ2) is 6.70. The van der Waals surface area contributed by atoms with Crippen molar-refractivity contribution in [3.05, 3.63) is 34.1 Å². The highest BCUT2D eigenvalue weighted by atomic mass is 79.9. The molecule has 1 saturated carbocycles. The van der Waals surface area contributed by atoms with Crippen LogP contribution in [0.5, 0.6) is 0 Å². The maximum absolute atomic E-state index is 13.4. The predicted octanol–water partition coefficient (Wildman–Crippen LogP) is 4.63. The van der Waals surface area contributed by atoms with Gasteiger partial charge in [-0.1, -0.05) is 26.7 Å². The van der Waals surface area contributed by atoms with Crippen molar-refractivity contribution in [1.29, 1.82) is 0 Å². The molecule has 1 aromatic carbocycles. The van der Waals surface area contributed by atoms with Crippen LogP contribution in [0.4, 0.5) is 4.39 Å². The van der Waals surface area contributed by atoms with E-state index in [1.165, 1.54) is 25.0 Å². The van der Waals surface area contributed by atoms with Crippen molar-refractivity contribution in [2.75, 3.05) is 6.54 Å². The van der Waals surface area contributed by atoms with Crippen LogP contribution in [-0.4, -0.2) is 23.4 Å². The molecule has 1 fully saturated rings. The van der Waals surface area contributed by atoms with Gasteiger partial charge in [-0.05, 0) is 52.9 Å². The third-order valence-corrected chi connectivity index (χ3v) is 4.44. The first kappa shape index (κ1) is 15.5. The summed E-state index contributed by atoms with van der Waals surface area (Å²) in [6.07, 6.45) is 4.48. The van der Waals surface area contributed by atoms with Crippen LogP contribution in [0.3, 0.4) is 0 Å². The van der Waals surface area contributed by atoms with Gasteiger partial charge >= 0.3 is 0 Å². The largest absolute Gasteiger partial charge is 0.335 e. The Hall–Kier alpha value is -0.900. The van der Waals surface area contributed by atoms with E-state index in [9.17, 15) is 9.18 Å². The highest BCUT2D eigenvalue weighted by Gasteiger charge is 2.28. The smallest absolute Gasteiger partial charge is 0.255 e. The fourth-order valence-electron chi connectivity index (χ4n) is 2.82. The van der Waals surface area contributed by atoms with Crippen LogP contribution >= 0.6 is 15.9 Å². The molecular formula is C16H21BrFNO. The van der Waals surface area contributed by atoms with Gasteiger partial charge in [-0.15, -0.1) is 0 Å².